The number of carbonyl (C=O) groups excluding carboxylic acids is 1. The van der Waals surface area contributed by atoms with E-state index in [1.165, 1.54) is 0 Å². The third kappa shape index (κ3) is 6.99. The lowest BCUT2D eigenvalue weighted by atomic mass is 10.3. The molecule has 0 aromatic carbocycles. The maximum Gasteiger partial charge on any atom is 0.227 e. The number of nitrogens with one attached hydrogen (secondary N) is 3. The number of aliphatic imine (C=N–C) groups is 1. The molecule has 0 spiro atoms. The molecule has 0 saturated heterocycles. The summed E-state index contributed by atoms with van der Waals surface area (Å²) in [7, 11) is 1.67. The summed E-state index contributed by atoms with van der Waals surface area (Å²) in [6, 6.07) is 9.21. The fourth-order valence-corrected chi connectivity index (χ4v) is 1.92. The summed E-state index contributed by atoms with van der Waals surface area (Å²) < 4.78 is 5.23. The summed E-state index contributed by atoms with van der Waals surface area (Å²) in [6.45, 7) is 2.88. The van der Waals surface area contributed by atoms with E-state index in [2.05, 4.69) is 25.9 Å². The molecule has 0 aliphatic rings. The number of rotatable bonds is 6. The van der Waals surface area contributed by atoms with E-state index in [0.717, 1.165) is 11.5 Å². The van der Waals surface area contributed by atoms with Crippen LogP contribution >= 0.6 is 24.0 Å². The quantitative estimate of drug-likeness (QED) is 0.362. The van der Waals surface area contributed by atoms with E-state index < -0.39 is 0 Å². The van der Waals surface area contributed by atoms with Crippen LogP contribution in [0.5, 0.6) is 0 Å². The molecule has 0 aliphatic carbocycles. The molecule has 0 radical (unpaired) electrons. The van der Waals surface area contributed by atoms with Crippen molar-refractivity contribution in [2.24, 2.45) is 4.99 Å². The number of aryl methyl sites for hydroxylation is 1. The molecule has 1 amide bonds. The van der Waals surface area contributed by atoms with Crippen molar-refractivity contribution in [1.29, 1.82) is 0 Å². The number of carbonyl (C=O) groups is 1. The molecule has 2 aromatic rings. The zero-order valence-electron chi connectivity index (χ0n) is 13.7. The van der Waals surface area contributed by atoms with Crippen molar-refractivity contribution in [3.63, 3.8) is 0 Å². The van der Waals surface area contributed by atoms with Crippen molar-refractivity contribution >= 4 is 41.7 Å². The lowest BCUT2D eigenvalue weighted by molar-refractivity contribution is -0.116. The molecule has 2 heterocycles. The Bertz CT molecular complexity index is 658. The van der Waals surface area contributed by atoms with Gasteiger partial charge in [0.1, 0.15) is 11.6 Å². The highest BCUT2D eigenvalue weighted by Gasteiger charge is 2.05. The first kappa shape index (κ1) is 19.9. The fourth-order valence-electron chi connectivity index (χ4n) is 1.92. The number of hydrogen-bond acceptors (Lipinski definition) is 4. The van der Waals surface area contributed by atoms with Gasteiger partial charge in [0.05, 0.1) is 12.8 Å². The minimum absolute atomic E-state index is 0. The van der Waals surface area contributed by atoms with E-state index in [-0.39, 0.29) is 29.9 Å². The van der Waals surface area contributed by atoms with Crippen molar-refractivity contribution in [2.75, 3.05) is 18.9 Å². The smallest absolute Gasteiger partial charge is 0.227 e. The Labute approximate surface area is 158 Å². The van der Waals surface area contributed by atoms with Crippen molar-refractivity contribution in [1.82, 2.24) is 15.6 Å². The molecule has 3 N–H and O–H groups in total. The average molecular weight is 443 g/mol. The Morgan fingerprint density at radius 3 is 2.75 bits per heavy atom. The van der Waals surface area contributed by atoms with Gasteiger partial charge in [-0.1, -0.05) is 6.07 Å². The zero-order chi connectivity index (χ0) is 16.5. The van der Waals surface area contributed by atoms with Gasteiger partial charge in [0.2, 0.25) is 5.91 Å². The zero-order valence-corrected chi connectivity index (χ0v) is 16.0. The average Bonchev–Trinajstić information content (AvgIpc) is 3.04. The molecular weight excluding hydrogens is 421 g/mol. The molecule has 0 bridgehead atoms. The number of hydrogen-bond donors (Lipinski definition) is 3. The summed E-state index contributed by atoms with van der Waals surface area (Å²) in [5.41, 5.74) is 0.864. The lowest BCUT2D eigenvalue weighted by Crippen LogP contribution is -2.38. The van der Waals surface area contributed by atoms with Crippen LogP contribution in [0.15, 0.2) is 46.0 Å². The predicted molar refractivity (Wildman–Crippen MR) is 105 cm³/mol. The van der Waals surface area contributed by atoms with Gasteiger partial charge >= 0.3 is 0 Å². The van der Waals surface area contributed by atoms with Gasteiger partial charge in [-0.2, -0.15) is 0 Å². The van der Waals surface area contributed by atoms with Crippen LogP contribution < -0.4 is 16.0 Å². The summed E-state index contributed by atoms with van der Waals surface area (Å²) in [5.74, 6) is 1.89. The van der Waals surface area contributed by atoms with E-state index in [1.54, 1.807) is 19.4 Å². The largest absolute Gasteiger partial charge is 0.467 e. The number of anilines is 1. The van der Waals surface area contributed by atoms with Crippen molar-refractivity contribution < 1.29 is 9.21 Å². The Hall–Kier alpha value is -2.10. The van der Waals surface area contributed by atoms with Crippen LogP contribution in [0.3, 0.4) is 0 Å². The number of pyridine rings is 1. The molecule has 0 unspecified atom stereocenters. The Morgan fingerprint density at radius 1 is 1.25 bits per heavy atom. The van der Waals surface area contributed by atoms with Gasteiger partial charge in [-0.25, -0.2) is 4.98 Å². The number of furan rings is 1. The van der Waals surface area contributed by atoms with Gasteiger partial charge in [0.25, 0.3) is 0 Å². The van der Waals surface area contributed by atoms with Crippen LogP contribution in [0, 0.1) is 6.92 Å². The maximum atomic E-state index is 11.9. The second-order valence-electron chi connectivity index (χ2n) is 4.89. The number of aromatic nitrogens is 1. The van der Waals surface area contributed by atoms with Gasteiger partial charge in [-0.05, 0) is 31.2 Å². The molecule has 2 aromatic heterocycles. The number of nitrogens with zero attached hydrogens (tertiary/aromatic N) is 2. The van der Waals surface area contributed by atoms with Gasteiger partial charge < -0.3 is 20.4 Å². The van der Waals surface area contributed by atoms with Crippen molar-refractivity contribution in [3.8, 4) is 0 Å². The van der Waals surface area contributed by atoms with Gasteiger partial charge in [-0.15, -0.1) is 24.0 Å². The maximum absolute atomic E-state index is 11.9. The van der Waals surface area contributed by atoms with Crippen LogP contribution in [-0.2, 0) is 11.3 Å². The molecule has 24 heavy (non-hydrogen) atoms. The van der Waals surface area contributed by atoms with E-state index >= 15 is 0 Å². The lowest BCUT2D eigenvalue weighted by Gasteiger charge is -2.11. The highest BCUT2D eigenvalue weighted by Crippen LogP contribution is 2.04. The molecular formula is C16H22IN5O2. The van der Waals surface area contributed by atoms with Crippen LogP contribution in [0.25, 0.3) is 0 Å². The highest BCUT2D eigenvalue weighted by atomic mass is 127. The summed E-state index contributed by atoms with van der Waals surface area (Å²) in [4.78, 5) is 20.2. The number of guanidine groups is 1. The van der Waals surface area contributed by atoms with Crippen LogP contribution in [0.2, 0.25) is 0 Å². The Balaban J connectivity index is 0.00000288. The minimum atomic E-state index is -0.0999. The molecule has 2 rings (SSSR count). The third-order valence-electron chi connectivity index (χ3n) is 3.03. The van der Waals surface area contributed by atoms with E-state index in [0.29, 0.717) is 31.3 Å². The third-order valence-corrected chi connectivity index (χ3v) is 3.03. The van der Waals surface area contributed by atoms with Crippen LogP contribution in [0.1, 0.15) is 17.9 Å². The first-order valence-corrected chi connectivity index (χ1v) is 7.38. The molecule has 130 valence electrons. The second kappa shape index (κ2) is 10.6. The first-order valence-electron chi connectivity index (χ1n) is 7.38. The fraction of sp³-hybridized carbons (Fsp3) is 0.312. The summed E-state index contributed by atoms with van der Waals surface area (Å²) >= 11 is 0. The molecule has 0 saturated carbocycles. The van der Waals surface area contributed by atoms with Gasteiger partial charge in [-0.3, -0.25) is 9.79 Å². The number of amides is 1. The summed E-state index contributed by atoms with van der Waals surface area (Å²) in [6.07, 6.45) is 1.94. The second-order valence-corrected chi connectivity index (χ2v) is 4.89. The Morgan fingerprint density at radius 2 is 2.08 bits per heavy atom. The van der Waals surface area contributed by atoms with E-state index in [9.17, 15) is 4.79 Å². The van der Waals surface area contributed by atoms with Crippen molar-refractivity contribution in [3.05, 3.63) is 48.0 Å². The highest BCUT2D eigenvalue weighted by molar-refractivity contribution is 14.0. The molecule has 0 fully saturated rings. The monoisotopic (exact) mass is 443 g/mol. The molecule has 8 heteroatoms. The standard InChI is InChI=1S/C16H21N5O2.HI/c1-12-5-3-7-14(20-12)21-15(22)8-9-18-16(17-2)19-11-13-6-4-10-23-13;/h3-7,10H,8-9,11H2,1-2H3,(H2,17,18,19)(H,20,21,22);1H. The minimum Gasteiger partial charge on any atom is -0.467 e. The summed E-state index contributed by atoms with van der Waals surface area (Å²) in [5, 5.41) is 8.94. The van der Waals surface area contributed by atoms with Crippen LogP contribution in [0.4, 0.5) is 5.82 Å². The van der Waals surface area contributed by atoms with Gasteiger partial charge in [0.15, 0.2) is 5.96 Å². The molecule has 0 atom stereocenters. The molecule has 7 nitrogen and oxygen atoms in total. The first-order chi connectivity index (χ1) is 11.2. The van der Waals surface area contributed by atoms with Crippen LogP contribution in [-0.4, -0.2) is 30.4 Å². The van der Waals surface area contributed by atoms with E-state index in [4.69, 9.17) is 4.42 Å². The predicted octanol–water partition coefficient (Wildman–Crippen LogP) is 2.29. The Kier molecular flexibility index (Phi) is 8.84. The molecule has 0 aliphatic heterocycles. The normalized spacial score (nSPS) is 10.7. The van der Waals surface area contributed by atoms with Gasteiger partial charge in [0, 0.05) is 25.7 Å². The topological polar surface area (TPSA) is 91.5 Å². The van der Waals surface area contributed by atoms with E-state index in [1.807, 2.05) is 31.2 Å². The van der Waals surface area contributed by atoms with Crippen molar-refractivity contribution in [2.45, 2.75) is 19.9 Å². The SMILES string of the molecule is CN=C(NCCC(=O)Nc1cccc(C)n1)NCc1ccco1.I. The number of halogens is 1.